The molecule has 1 aromatic carbocycles. The van der Waals surface area contributed by atoms with Crippen molar-refractivity contribution >= 4 is 5.82 Å². The number of nitrogens with zero attached hydrogens (tertiary/aromatic N) is 3. The van der Waals surface area contributed by atoms with E-state index < -0.39 is 0 Å². The van der Waals surface area contributed by atoms with E-state index in [-0.39, 0.29) is 0 Å². The maximum absolute atomic E-state index is 5.61. The molecule has 0 radical (unpaired) electrons. The van der Waals surface area contributed by atoms with Gasteiger partial charge in [-0.1, -0.05) is 6.07 Å². The minimum Gasteiger partial charge on any atom is -0.496 e. The van der Waals surface area contributed by atoms with Crippen molar-refractivity contribution in [2.75, 3.05) is 32.6 Å². The summed E-state index contributed by atoms with van der Waals surface area (Å²) in [6, 6.07) is 6.76. The molecule has 5 nitrogen and oxygen atoms in total. The number of aromatic nitrogens is 2. The molecule has 1 aliphatic heterocycles. The maximum atomic E-state index is 5.61. The van der Waals surface area contributed by atoms with E-state index in [1.165, 1.54) is 42.5 Å². The van der Waals surface area contributed by atoms with Crippen molar-refractivity contribution in [1.29, 1.82) is 0 Å². The topological polar surface area (TPSA) is 50.3 Å². The van der Waals surface area contributed by atoms with Crippen LogP contribution in [0.4, 0.5) is 5.82 Å². The van der Waals surface area contributed by atoms with E-state index in [0.717, 1.165) is 42.2 Å². The fourth-order valence-corrected chi connectivity index (χ4v) is 4.29. The zero-order valence-electron chi connectivity index (χ0n) is 16.0. The summed E-state index contributed by atoms with van der Waals surface area (Å²) in [4.78, 5) is 2.39. The van der Waals surface area contributed by atoms with Crippen molar-refractivity contribution in [3.8, 4) is 17.0 Å². The SMILES string of the molecule is COc1cc(C)ccc1-c1nnc(N[C@@H]2CCCN(C)C2)c2c1CCC2. The van der Waals surface area contributed by atoms with Gasteiger partial charge in [0.1, 0.15) is 11.4 Å². The van der Waals surface area contributed by atoms with Crippen LogP contribution in [0.25, 0.3) is 11.3 Å². The number of fused-ring (bicyclic) bond motifs is 1. The van der Waals surface area contributed by atoms with Crippen LogP contribution in [-0.2, 0) is 12.8 Å². The lowest BCUT2D eigenvalue weighted by Gasteiger charge is -2.31. The van der Waals surface area contributed by atoms with E-state index in [9.17, 15) is 0 Å². The van der Waals surface area contributed by atoms with Crippen LogP contribution in [0.3, 0.4) is 0 Å². The molecule has 0 amide bonds. The number of hydrogen-bond acceptors (Lipinski definition) is 5. The molecule has 2 heterocycles. The second-order valence-corrected chi connectivity index (χ2v) is 7.66. The molecule has 1 saturated heterocycles. The summed E-state index contributed by atoms with van der Waals surface area (Å²) in [5.74, 6) is 1.87. The third-order valence-corrected chi connectivity index (χ3v) is 5.62. The first-order chi connectivity index (χ1) is 12.7. The van der Waals surface area contributed by atoms with E-state index in [2.05, 4.69) is 52.6 Å². The molecule has 0 saturated carbocycles. The second-order valence-electron chi connectivity index (χ2n) is 7.66. The number of likely N-dealkylation sites (N-methyl/N-ethyl adjacent to an activating group) is 1. The molecule has 1 aromatic heterocycles. The standard InChI is InChI=1S/C21H28N4O/c1-14-9-10-18(19(12-14)26-3)20-16-7-4-8-17(16)21(24-23-20)22-15-6-5-11-25(2)13-15/h9-10,12,15H,4-8,11,13H2,1-3H3,(H,22,24)/t15-/m1/s1. The molecule has 4 rings (SSSR count). The number of nitrogens with one attached hydrogen (secondary N) is 1. The summed E-state index contributed by atoms with van der Waals surface area (Å²) in [5, 5.41) is 12.9. The van der Waals surface area contributed by atoms with Crippen molar-refractivity contribution in [2.24, 2.45) is 0 Å². The van der Waals surface area contributed by atoms with E-state index >= 15 is 0 Å². The van der Waals surface area contributed by atoms with Gasteiger partial charge in [-0.15, -0.1) is 10.2 Å². The second kappa shape index (κ2) is 7.23. The molecule has 1 atom stereocenters. The van der Waals surface area contributed by atoms with Crippen LogP contribution < -0.4 is 10.1 Å². The molecule has 0 bridgehead atoms. The van der Waals surface area contributed by atoms with Gasteiger partial charge in [-0.25, -0.2) is 0 Å². The predicted molar refractivity (Wildman–Crippen MR) is 105 cm³/mol. The van der Waals surface area contributed by atoms with Crippen LogP contribution in [0, 0.1) is 6.92 Å². The van der Waals surface area contributed by atoms with Gasteiger partial charge in [-0.05, 0) is 75.9 Å². The lowest BCUT2D eigenvalue weighted by atomic mass is 10.0. The molecule has 2 aromatic rings. The molecular formula is C21H28N4O. The molecule has 0 spiro atoms. The van der Waals surface area contributed by atoms with Gasteiger partial charge >= 0.3 is 0 Å². The lowest BCUT2D eigenvalue weighted by Crippen LogP contribution is -2.40. The van der Waals surface area contributed by atoms with Gasteiger partial charge in [-0.3, -0.25) is 0 Å². The highest BCUT2D eigenvalue weighted by atomic mass is 16.5. The predicted octanol–water partition coefficient (Wildman–Crippen LogP) is 3.46. The van der Waals surface area contributed by atoms with Gasteiger partial charge in [0.2, 0.25) is 0 Å². The van der Waals surface area contributed by atoms with Crippen molar-refractivity contribution < 1.29 is 4.74 Å². The molecule has 5 heteroatoms. The average molecular weight is 352 g/mol. The van der Waals surface area contributed by atoms with Crippen LogP contribution in [0.15, 0.2) is 18.2 Å². The Morgan fingerprint density at radius 1 is 1.15 bits per heavy atom. The van der Waals surface area contributed by atoms with Crippen molar-refractivity contribution in [3.63, 3.8) is 0 Å². The number of piperidine rings is 1. The average Bonchev–Trinajstić information content (AvgIpc) is 3.12. The third kappa shape index (κ3) is 3.28. The van der Waals surface area contributed by atoms with E-state index in [1.807, 2.05) is 0 Å². The van der Waals surface area contributed by atoms with E-state index in [0.29, 0.717) is 6.04 Å². The highest BCUT2D eigenvalue weighted by Crippen LogP contribution is 2.38. The monoisotopic (exact) mass is 352 g/mol. The van der Waals surface area contributed by atoms with Gasteiger partial charge in [-0.2, -0.15) is 0 Å². The van der Waals surface area contributed by atoms with E-state index in [1.54, 1.807) is 7.11 Å². The van der Waals surface area contributed by atoms with Crippen LogP contribution in [0.5, 0.6) is 5.75 Å². The van der Waals surface area contributed by atoms with Crippen molar-refractivity contribution in [1.82, 2.24) is 15.1 Å². The number of ether oxygens (including phenoxy) is 1. The summed E-state index contributed by atoms with van der Waals surface area (Å²) in [5.41, 5.74) is 5.92. The van der Waals surface area contributed by atoms with Gasteiger partial charge in [0.25, 0.3) is 0 Å². The zero-order valence-corrected chi connectivity index (χ0v) is 16.0. The first-order valence-electron chi connectivity index (χ1n) is 9.64. The number of anilines is 1. The number of aryl methyl sites for hydroxylation is 1. The molecule has 26 heavy (non-hydrogen) atoms. The number of likely N-dealkylation sites (tertiary alicyclic amines) is 1. The third-order valence-electron chi connectivity index (χ3n) is 5.62. The molecule has 0 unspecified atom stereocenters. The Kier molecular flexibility index (Phi) is 4.81. The highest BCUT2D eigenvalue weighted by molar-refractivity contribution is 5.73. The minimum absolute atomic E-state index is 0.465. The van der Waals surface area contributed by atoms with Gasteiger partial charge in [0.05, 0.1) is 7.11 Å². The van der Waals surface area contributed by atoms with E-state index in [4.69, 9.17) is 4.74 Å². The van der Waals surface area contributed by atoms with Gasteiger partial charge in [0, 0.05) is 23.7 Å². The Morgan fingerprint density at radius 3 is 2.81 bits per heavy atom. The number of benzene rings is 1. The fourth-order valence-electron chi connectivity index (χ4n) is 4.29. The quantitative estimate of drug-likeness (QED) is 0.913. The smallest absolute Gasteiger partial charge is 0.152 e. The maximum Gasteiger partial charge on any atom is 0.152 e. The van der Waals surface area contributed by atoms with Crippen LogP contribution in [-0.4, -0.2) is 48.4 Å². The van der Waals surface area contributed by atoms with Gasteiger partial charge in [0.15, 0.2) is 5.82 Å². The molecule has 1 aliphatic carbocycles. The van der Waals surface area contributed by atoms with Crippen molar-refractivity contribution in [2.45, 2.75) is 45.1 Å². The van der Waals surface area contributed by atoms with Gasteiger partial charge < -0.3 is 15.0 Å². The molecule has 138 valence electrons. The number of methoxy groups -OCH3 is 1. The Bertz CT molecular complexity index is 805. The summed E-state index contributed by atoms with van der Waals surface area (Å²) < 4.78 is 5.61. The summed E-state index contributed by atoms with van der Waals surface area (Å²) >= 11 is 0. The molecule has 1 N–H and O–H groups in total. The molecule has 2 aliphatic rings. The Balaban J connectivity index is 1.68. The summed E-state index contributed by atoms with van der Waals surface area (Å²) in [6.45, 7) is 4.34. The van der Waals surface area contributed by atoms with Crippen LogP contribution >= 0.6 is 0 Å². The summed E-state index contributed by atoms with van der Waals surface area (Å²) in [7, 11) is 3.91. The van der Waals surface area contributed by atoms with Crippen molar-refractivity contribution in [3.05, 3.63) is 34.9 Å². The highest BCUT2D eigenvalue weighted by Gasteiger charge is 2.25. The fraction of sp³-hybridized carbons (Fsp3) is 0.524. The largest absolute Gasteiger partial charge is 0.496 e. The molecule has 1 fully saturated rings. The molecular weight excluding hydrogens is 324 g/mol. The first kappa shape index (κ1) is 17.3. The lowest BCUT2D eigenvalue weighted by molar-refractivity contribution is 0.260. The Morgan fingerprint density at radius 2 is 2.00 bits per heavy atom. The normalized spacial score (nSPS) is 20.0. The number of hydrogen-bond donors (Lipinski definition) is 1. The minimum atomic E-state index is 0.465. The van der Waals surface area contributed by atoms with Crippen LogP contribution in [0.2, 0.25) is 0 Å². The van der Waals surface area contributed by atoms with Crippen LogP contribution in [0.1, 0.15) is 36.0 Å². The summed E-state index contributed by atoms with van der Waals surface area (Å²) in [6.07, 6.45) is 5.76. The zero-order chi connectivity index (χ0) is 18.1. The Labute approximate surface area is 155 Å². The Hall–Kier alpha value is -2.14. The number of rotatable bonds is 4. The first-order valence-corrected chi connectivity index (χ1v) is 9.64.